The van der Waals surface area contributed by atoms with Gasteiger partial charge >= 0.3 is 0 Å². The molecule has 1 aromatic carbocycles. The third-order valence-corrected chi connectivity index (χ3v) is 3.92. The Morgan fingerprint density at radius 2 is 2.16 bits per heavy atom. The van der Waals surface area contributed by atoms with E-state index >= 15 is 0 Å². The molecule has 2 heteroatoms. The Balaban J connectivity index is 1.95. The van der Waals surface area contributed by atoms with E-state index in [-0.39, 0.29) is 0 Å². The third kappa shape index (κ3) is 4.39. The lowest BCUT2D eigenvalue weighted by atomic mass is 9.92. The monoisotopic (exact) mass is 259 g/mol. The van der Waals surface area contributed by atoms with Crippen LogP contribution in [0.1, 0.15) is 37.7 Å². The van der Waals surface area contributed by atoms with Crippen molar-refractivity contribution < 1.29 is 4.74 Å². The van der Waals surface area contributed by atoms with Gasteiger partial charge in [-0.1, -0.05) is 23.8 Å². The number of allylic oxidation sites excluding steroid dienone is 1. The van der Waals surface area contributed by atoms with Crippen molar-refractivity contribution in [1.82, 2.24) is 5.32 Å². The Bertz CT molecular complexity index is 425. The zero-order valence-corrected chi connectivity index (χ0v) is 12.1. The number of hydrogen-bond donors (Lipinski definition) is 1. The molecule has 0 bridgehead atoms. The van der Waals surface area contributed by atoms with Crippen molar-refractivity contribution in [3.8, 4) is 5.75 Å². The second-order valence-electron chi connectivity index (χ2n) is 5.35. The minimum Gasteiger partial charge on any atom is -0.497 e. The molecule has 0 fully saturated rings. The molecule has 0 spiro atoms. The maximum atomic E-state index is 5.29. The number of hydrogen-bond acceptors (Lipinski definition) is 2. The zero-order chi connectivity index (χ0) is 13.5. The van der Waals surface area contributed by atoms with Gasteiger partial charge in [0, 0.05) is 6.04 Å². The first kappa shape index (κ1) is 14.1. The Hall–Kier alpha value is -1.28. The molecule has 1 aliphatic rings. The molecule has 104 valence electrons. The van der Waals surface area contributed by atoms with Crippen LogP contribution in [-0.2, 0) is 6.42 Å². The standard InChI is InChI=1S/C17H25NO/c1-18-16(11-14-7-4-3-5-8-14)12-15-9-6-10-17(13-15)19-2/h6-7,9-10,13,16,18H,3-5,8,11-12H2,1-2H3. The molecular formula is C17H25NO. The number of likely N-dealkylation sites (N-methyl/N-ethyl adjacent to an activating group) is 1. The van der Waals surface area contributed by atoms with Crippen molar-refractivity contribution in [2.45, 2.75) is 44.6 Å². The minimum absolute atomic E-state index is 0.524. The quantitative estimate of drug-likeness (QED) is 0.786. The van der Waals surface area contributed by atoms with Gasteiger partial charge in [-0.05, 0) is 63.3 Å². The molecule has 0 amide bonds. The summed E-state index contributed by atoms with van der Waals surface area (Å²) in [5.41, 5.74) is 2.98. The highest BCUT2D eigenvalue weighted by Gasteiger charge is 2.12. The van der Waals surface area contributed by atoms with E-state index in [1.54, 1.807) is 12.7 Å². The average molecular weight is 259 g/mol. The smallest absolute Gasteiger partial charge is 0.119 e. The number of methoxy groups -OCH3 is 1. The highest BCUT2D eigenvalue weighted by Crippen LogP contribution is 2.23. The van der Waals surface area contributed by atoms with Gasteiger partial charge in [-0.2, -0.15) is 0 Å². The van der Waals surface area contributed by atoms with Crippen LogP contribution in [0.25, 0.3) is 0 Å². The van der Waals surface area contributed by atoms with Crippen LogP contribution < -0.4 is 10.1 Å². The average Bonchev–Trinajstić information content (AvgIpc) is 2.48. The molecule has 0 aliphatic heterocycles. The summed E-state index contributed by atoms with van der Waals surface area (Å²) in [6.07, 6.45) is 9.96. The first-order valence-electron chi connectivity index (χ1n) is 7.30. The Morgan fingerprint density at radius 1 is 1.26 bits per heavy atom. The van der Waals surface area contributed by atoms with E-state index in [9.17, 15) is 0 Å². The lowest BCUT2D eigenvalue weighted by Gasteiger charge is -2.20. The Morgan fingerprint density at radius 3 is 2.84 bits per heavy atom. The first-order chi connectivity index (χ1) is 9.31. The molecule has 1 N–H and O–H groups in total. The molecule has 0 aromatic heterocycles. The van der Waals surface area contributed by atoms with Gasteiger partial charge in [0.15, 0.2) is 0 Å². The third-order valence-electron chi connectivity index (χ3n) is 3.92. The summed E-state index contributed by atoms with van der Waals surface area (Å²) in [5.74, 6) is 0.948. The van der Waals surface area contributed by atoms with E-state index in [1.807, 2.05) is 6.07 Å². The second kappa shape index (κ2) is 7.34. The number of ether oxygens (including phenoxy) is 1. The van der Waals surface area contributed by atoms with Crippen LogP contribution in [-0.4, -0.2) is 20.2 Å². The van der Waals surface area contributed by atoms with Crippen LogP contribution in [0, 0.1) is 0 Å². The van der Waals surface area contributed by atoms with Crippen molar-refractivity contribution in [3.63, 3.8) is 0 Å². The largest absolute Gasteiger partial charge is 0.497 e. The normalized spacial score (nSPS) is 16.8. The van der Waals surface area contributed by atoms with Crippen LogP contribution >= 0.6 is 0 Å². The maximum absolute atomic E-state index is 5.29. The van der Waals surface area contributed by atoms with E-state index in [1.165, 1.54) is 37.7 Å². The minimum atomic E-state index is 0.524. The fourth-order valence-electron chi connectivity index (χ4n) is 2.77. The summed E-state index contributed by atoms with van der Waals surface area (Å²) in [6, 6.07) is 8.92. The molecule has 2 nitrogen and oxygen atoms in total. The summed E-state index contributed by atoms with van der Waals surface area (Å²) in [5, 5.41) is 3.45. The Kier molecular flexibility index (Phi) is 5.46. The van der Waals surface area contributed by atoms with Gasteiger partial charge in [0.1, 0.15) is 5.75 Å². The van der Waals surface area contributed by atoms with Crippen molar-refractivity contribution in [2.75, 3.05) is 14.2 Å². The summed E-state index contributed by atoms with van der Waals surface area (Å²) in [7, 11) is 3.79. The van der Waals surface area contributed by atoms with Gasteiger partial charge in [0.25, 0.3) is 0 Å². The molecular weight excluding hydrogens is 234 g/mol. The van der Waals surface area contributed by atoms with E-state index in [4.69, 9.17) is 4.74 Å². The molecule has 0 saturated carbocycles. The lowest BCUT2D eigenvalue weighted by Crippen LogP contribution is -2.28. The first-order valence-corrected chi connectivity index (χ1v) is 7.30. The van der Waals surface area contributed by atoms with Crippen molar-refractivity contribution >= 4 is 0 Å². The SMILES string of the molecule is CNC(CC1=CCCCC1)Cc1cccc(OC)c1. The van der Waals surface area contributed by atoms with Crippen LogP contribution in [0.2, 0.25) is 0 Å². The predicted molar refractivity (Wildman–Crippen MR) is 80.7 cm³/mol. The molecule has 1 aliphatic carbocycles. The summed E-state index contributed by atoms with van der Waals surface area (Å²) in [4.78, 5) is 0. The second-order valence-corrected chi connectivity index (χ2v) is 5.35. The number of benzene rings is 1. The fraction of sp³-hybridized carbons (Fsp3) is 0.529. The molecule has 0 heterocycles. The van der Waals surface area contributed by atoms with Crippen LogP contribution in [0.15, 0.2) is 35.9 Å². The molecule has 1 aromatic rings. The molecule has 2 rings (SSSR count). The van der Waals surface area contributed by atoms with Crippen LogP contribution in [0.5, 0.6) is 5.75 Å². The highest BCUT2D eigenvalue weighted by molar-refractivity contribution is 5.29. The van der Waals surface area contributed by atoms with Crippen molar-refractivity contribution in [2.24, 2.45) is 0 Å². The van der Waals surface area contributed by atoms with Crippen LogP contribution in [0.3, 0.4) is 0 Å². The van der Waals surface area contributed by atoms with E-state index < -0.39 is 0 Å². The molecule has 0 saturated heterocycles. The molecule has 1 unspecified atom stereocenters. The van der Waals surface area contributed by atoms with Crippen LogP contribution in [0.4, 0.5) is 0 Å². The van der Waals surface area contributed by atoms with E-state index in [0.717, 1.165) is 12.2 Å². The lowest BCUT2D eigenvalue weighted by molar-refractivity contribution is 0.414. The fourth-order valence-corrected chi connectivity index (χ4v) is 2.77. The van der Waals surface area contributed by atoms with Gasteiger partial charge in [-0.15, -0.1) is 0 Å². The molecule has 1 atom stereocenters. The van der Waals surface area contributed by atoms with E-state index in [2.05, 4.69) is 36.6 Å². The van der Waals surface area contributed by atoms with Gasteiger partial charge < -0.3 is 10.1 Å². The Labute approximate surface area is 116 Å². The van der Waals surface area contributed by atoms with E-state index in [0.29, 0.717) is 6.04 Å². The summed E-state index contributed by atoms with van der Waals surface area (Å²) < 4.78 is 5.29. The van der Waals surface area contributed by atoms with Gasteiger partial charge in [0.05, 0.1) is 7.11 Å². The van der Waals surface area contributed by atoms with Crippen molar-refractivity contribution in [1.29, 1.82) is 0 Å². The molecule has 19 heavy (non-hydrogen) atoms. The predicted octanol–water partition coefficient (Wildman–Crippen LogP) is 3.72. The van der Waals surface area contributed by atoms with Gasteiger partial charge in [0.2, 0.25) is 0 Å². The number of nitrogens with one attached hydrogen (secondary N) is 1. The van der Waals surface area contributed by atoms with Crippen molar-refractivity contribution in [3.05, 3.63) is 41.5 Å². The summed E-state index contributed by atoms with van der Waals surface area (Å²) >= 11 is 0. The summed E-state index contributed by atoms with van der Waals surface area (Å²) in [6.45, 7) is 0. The maximum Gasteiger partial charge on any atom is 0.119 e. The topological polar surface area (TPSA) is 21.3 Å². The van der Waals surface area contributed by atoms with Gasteiger partial charge in [-0.25, -0.2) is 0 Å². The zero-order valence-electron chi connectivity index (χ0n) is 12.1. The molecule has 0 radical (unpaired) electrons. The van der Waals surface area contributed by atoms with Gasteiger partial charge in [-0.3, -0.25) is 0 Å². The highest BCUT2D eigenvalue weighted by atomic mass is 16.5. The number of rotatable bonds is 6.